The van der Waals surface area contributed by atoms with Crippen LogP contribution < -0.4 is 4.90 Å². The van der Waals surface area contributed by atoms with Gasteiger partial charge in [0, 0.05) is 26.2 Å². The van der Waals surface area contributed by atoms with Crippen LogP contribution in [0.15, 0.2) is 6.07 Å². The van der Waals surface area contributed by atoms with Crippen molar-refractivity contribution in [3.8, 4) is 0 Å². The zero-order valence-corrected chi connectivity index (χ0v) is 14.9. The van der Waals surface area contributed by atoms with Crippen molar-refractivity contribution in [2.24, 2.45) is 0 Å². The number of hydrogen-bond acceptors (Lipinski definition) is 5. The quantitative estimate of drug-likeness (QED) is 0.838. The summed E-state index contributed by atoms with van der Waals surface area (Å²) in [5.74, 6) is 0.196. The number of carbonyl (C=O) groups excluding carboxylic acids is 1. The van der Waals surface area contributed by atoms with Crippen molar-refractivity contribution in [1.82, 2.24) is 9.88 Å². The third kappa shape index (κ3) is 3.13. The van der Waals surface area contributed by atoms with Gasteiger partial charge in [0.1, 0.15) is 4.83 Å². The summed E-state index contributed by atoms with van der Waals surface area (Å²) in [4.78, 5) is 23.5. The Labute approximate surface area is 139 Å². The van der Waals surface area contributed by atoms with Crippen LogP contribution in [0.5, 0.6) is 0 Å². The van der Waals surface area contributed by atoms with Crippen LogP contribution in [0, 0.1) is 0 Å². The summed E-state index contributed by atoms with van der Waals surface area (Å²) in [5.41, 5.74) is 0. The highest BCUT2D eigenvalue weighted by Crippen LogP contribution is 2.35. The van der Waals surface area contributed by atoms with Gasteiger partial charge >= 0.3 is 0 Å². The topological polar surface area (TPSA) is 36.4 Å². The fourth-order valence-corrected chi connectivity index (χ4v) is 5.19. The standard InChI is InChI=1S/C16H23N3OS2/c1-3-18(4-2)16-17-14-12(22-16)11-13(21-14)15(20)19-9-7-5-6-8-10-19/h11H,3-10H2,1-2H3. The monoisotopic (exact) mass is 337 g/mol. The molecule has 1 saturated heterocycles. The number of thiazole rings is 1. The molecule has 0 aromatic carbocycles. The first kappa shape index (κ1) is 15.7. The van der Waals surface area contributed by atoms with Crippen molar-refractivity contribution in [3.63, 3.8) is 0 Å². The lowest BCUT2D eigenvalue weighted by Gasteiger charge is -2.19. The lowest BCUT2D eigenvalue weighted by molar-refractivity contribution is 0.0766. The molecule has 120 valence electrons. The van der Waals surface area contributed by atoms with Gasteiger partial charge in [-0.1, -0.05) is 24.2 Å². The summed E-state index contributed by atoms with van der Waals surface area (Å²) < 4.78 is 1.14. The molecule has 4 nitrogen and oxygen atoms in total. The minimum Gasteiger partial charge on any atom is -0.349 e. The highest BCUT2D eigenvalue weighted by atomic mass is 32.1. The molecule has 0 N–H and O–H groups in total. The normalized spacial score (nSPS) is 16.0. The smallest absolute Gasteiger partial charge is 0.264 e. The Balaban J connectivity index is 1.80. The number of nitrogens with zero attached hydrogens (tertiary/aromatic N) is 3. The SMILES string of the molecule is CCN(CC)c1nc2sc(C(=O)N3CCCCCC3)cc2s1. The molecule has 0 radical (unpaired) electrons. The molecule has 22 heavy (non-hydrogen) atoms. The van der Waals surface area contributed by atoms with E-state index >= 15 is 0 Å². The molecule has 2 aromatic rings. The predicted octanol–water partition coefficient (Wildman–Crippen LogP) is 4.22. The van der Waals surface area contributed by atoms with Crippen LogP contribution in [0.4, 0.5) is 5.13 Å². The van der Waals surface area contributed by atoms with E-state index in [0.717, 1.165) is 58.6 Å². The van der Waals surface area contributed by atoms with Crippen LogP contribution in [0.2, 0.25) is 0 Å². The molecule has 1 fully saturated rings. The number of carbonyl (C=O) groups is 1. The number of aromatic nitrogens is 1. The minimum atomic E-state index is 0.196. The first-order valence-electron chi connectivity index (χ1n) is 8.17. The summed E-state index contributed by atoms with van der Waals surface area (Å²) in [6, 6.07) is 2.04. The van der Waals surface area contributed by atoms with Crippen LogP contribution in [0.1, 0.15) is 49.2 Å². The van der Waals surface area contributed by atoms with Gasteiger partial charge in [-0.3, -0.25) is 4.79 Å². The summed E-state index contributed by atoms with van der Waals surface area (Å²) in [5, 5.41) is 1.07. The Kier molecular flexibility index (Phi) is 4.98. The number of amides is 1. The summed E-state index contributed by atoms with van der Waals surface area (Å²) in [6.45, 7) is 8.04. The van der Waals surface area contributed by atoms with Crippen molar-refractivity contribution in [2.75, 3.05) is 31.1 Å². The molecule has 0 atom stereocenters. The van der Waals surface area contributed by atoms with Crippen molar-refractivity contribution in [1.29, 1.82) is 0 Å². The minimum absolute atomic E-state index is 0.196. The van der Waals surface area contributed by atoms with Gasteiger partial charge in [0.05, 0.1) is 9.58 Å². The lowest BCUT2D eigenvalue weighted by Crippen LogP contribution is -2.31. The maximum Gasteiger partial charge on any atom is 0.264 e. The van der Waals surface area contributed by atoms with Gasteiger partial charge in [-0.15, -0.1) is 11.3 Å². The number of rotatable bonds is 4. The van der Waals surface area contributed by atoms with E-state index in [1.165, 1.54) is 12.8 Å². The van der Waals surface area contributed by atoms with E-state index in [9.17, 15) is 4.79 Å². The Hall–Kier alpha value is -1.14. The van der Waals surface area contributed by atoms with Crippen molar-refractivity contribution in [3.05, 3.63) is 10.9 Å². The molecule has 1 aliphatic heterocycles. The molecular formula is C16H23N3OS2. The molecule has 1 aliphatic rings. The van der Waals surface area contributed by atoms with Crippen molar-refractivity contribution >= 4 is 43.2 Å². The van der Waals surface area contributed by atoms with Crippen LogP contribution in [-0.2, 0) is 0 Å². The molecule has 0 saturated carbocycles. The van der Waals surface area contributed by atoms with Gasteiger partial charge in [-0.05, 0) is 32.8 Å². The maximum absolute atomic E-state index is 12.7. The Morgan fingerprint density at radius 2 is 1.86 bits per heavy atom. The molecule has 6 heteroatoms. The highest BCUT2D eigenvalue weighted by Gasteiger charge is 2.21. The fourth-order valence-electron chi connectivity index (χ4n) is 2.89. The van der Waals surface area contributed by atoms with E-state index in [1.54, 1.807) is 22.7 Å². The Bertz CT molecular complexity index is 605. The van der Waals surface area contributed by atoms with Gasteiger partial charge in [-0.2, -0.15) is 0 Å². The van der Waals surface area contributed by atoms with Crippen molar-refractivity contribution < 1.29 is 4.79 Å². The van der Waals surface area contributed by atoms with Gasteiger partial charge < -0.3 is 9.80 Å². The molecule has 3 rings (SSSR count). The zero-order valence-electron chi connectivity index (χ0n) is 13.3. The highest BCUT2D eigenvalue weighted by molar-refractivity contribution is 7.29. The van der Waals surface area contributed by atoms with Gasteiger partial charge in [0.15, 0.2) is 5.13 Å². The van der Waals surface area contributed by atoms with E-state index in [4.69, 9.17) is 4.98 Å². The van der Waals surface area contributed by atoms with E-state index in [2.05, 4.69) is 18.7 Å². The third-order valence-electron chi connectivity index (χ3n) is 4.22. The molecule has 0 unspecified atom stereocenters. The second-order valence-electron chi connectivity index (χ2n) is 5.66. The van der Waals surface area contributed by atoms with Crippen molar-refractivity contribution in [2.45, 2.75) is 39.5 Å². The molecule has 0 bridgehead atoms. The molecule has 1 amide bonds. The molecule has 2 aromatic heterocycles. The summed E-state index contributed by atoms with van der Waals surface area (Å²) in [6.07, 6.45) is 4.77. The molecule has 3 heterocycles. The zero-order chi connectivity index (χ0) is 15.5. The second kappa shape index (κ2) is 6.96. The lowest BCUT2D eigenvalue weighted by atomic mass is 10.2. The second-order valence-corrected chi connectivity index (χ2v) is 7.69. The number of hydrogen-bond donors (Lipinski definition) is 0. The van der Waals surface area contributed by atoms with Gasteiger partial charge in [0.25, 0.3) is 5.91 Å². The van der Waals surface area contributed by atoms with Crippen LogP contribution in [-0.4, -0.2) is 42.0 Å². The number of fused-ring (bicyclic) bond motifs is 1. The van der Waals surface area contributed by atoms with Crippen LogP contribution in [0.3, 0.4) is 0 Å². The van der Waals surface area contributed by atoms with E-state index in [-0.39, 0.29) is 5.91 Å². The Morgan fingerprint density at radius 3 is 2.45 bits per heavy atom. The average molecular weight is 338 g/mol. The first-order valence-corrected chi connectivity index (χ1v) is 9.80. The molecule has 0 spiro atoms. The van der Waals surface area contributed by atoms with E-state index in [0.29, 0.717) is 0 Å². The average Bonchev–Trinajstić information content (AvgIpc) is 2.96. The molecule has 0 aliphatic carbocycles. The predicted molar refractivity (Wildman–Crippen MR) is 95.4 cm³/mol. The Morgan fingerprint density at radius 1 is 1.18 bits per heavy atom. The number of anilines is 1. The first-order chi connectivity index (χ1) is 10.7. The number of thiophene rings is 1. The molecular weight excluding hydrogens is 314 g/mol. The van der Waals surface area contributed by atoms with E-state index in [1.807, 2.05) is 11.0 Å². The fraction of sp³-hybridized carbons (Fsp3) is 0.625. The van der Waals surface area contributed by atoms with Gasteiger partial charge in [0.2, 0.25) is 0 Å². The largest absolute Gasteiger partial charge is 0.349 e. The maximum atomic E-state index is 12.7. The van der Waals surface area contributed by atoms with E-state index < -0.39 is 0 Å². The third-order valence-corrected chi connectivity index (χ3v) is 6.43. The van der Waals surface area contributed by atoms with Crippen LogP contribution in [0.25, 0.3) is 9.53 Å². The van der Waals surface area contributed by atoms with Gasteiger partial charge in [-0.25, -0.2) is 4.98 Å². The summed E-state index contributed by atoms with van der Waals surface area (Å²) in [7, 11) is 0. The summed E-state index contributed by atoms with van der Waals surface area (Å²) >= 11 is 3.24. The van der Waals surface area contributed by atoms with Crippen LogP contribution >= 0.6 is 22.7 Å². The number of likely N-dealkylation sites (tertiary alicyclic amines) is 1.